The maximum atomic E-state index is 11.1. The van der Waals surface area contributed by atoms with E-state index in [0.717, 1.165) is 24.0 Å². The molecule has 2 aromatic carbocycles. The average molecular weight is 365 g/mol. The van der Waals surface area contributed by atoms with Gasteiger partial charge in [-0.2, -0.15) is 0 Å². The summed E-state index contributed by atoms with van der Waals surface area (Å²) in [5.74, 6) is -0.974. The van der Waals surface area contributed by atoms with Crippen molar-refractivity contribution < 1.29 is 15.1 Å². The van der Waals surface area contributed by atoms with Crippen molar-refractivity contribution in [1.29, 1.82) is 0 Å². The SMILES string of the molecule is Cc1cc2c(cc1C(=NO)c1ccc(C(=O)O)cc1)C(C)(C)CCC2(C)C. The fourth-order valence-electron chi connectivity index (χ4n) is 4.02. The summed E-state index contributed by atoms with van der Waals surface area (Å²) < 4.78 is 0. The summed E-state index contributed by atoms with van der Waals surface area (Å²) in [5.41, 5.74) is 6.13. The highest BCUT2D eigenvalue weighted by Crippen LogP contribution is 2.46. The summed E-state index contributed by atoms with van der Waals surface area (Å²) in [4.78, 5) is 11.1. The van der Waals surface area contributed by atoms with Gasteiger partial charge in [-0.05, 0) is 65.5 Å². The number of hydrogen-bond donors (Lipinski definition) is 2. The molecule has 0 spiro atoms. The molecule has 0 saturated heterocycles. The van der Waals surface area contributed by atoms with Crippen LogP contribution >= 0.6 is 0 Å². The second-order valence-corrected chi connectivity index (χ2v) is 8.81. The topological polar surface area (TPSA) is 69.9 Å². The number of hydrogen-bond acceptors (Lipinski definition) is 3. The van der Waals surface area contributed by atoms with Crippen LogP contribution in [-0.4, -0.2) is 22.0 Å². The Hall–Kier alpha value is -2.62. The molecule has 4 nitrogen and oxygen atoms in total. The van der Waals surface area contributed by atoms with Gasteiger partial charge in [-0.1, -0.05) is 51.0 Å². The monoisotopic (exact) mass is 365 g/mol. The number of rotatable bonds is 3. The van der Waals surface area contributed by atoms with E-state index in [1.807, 2.05) is 6.92 Å². The Bertz CT molecular complexity index is 921. The molecule has 0 aliphatic heterocycles. The molecule has 0 bridgehead atoms. The first kappa shape index (κ1) is 19.2. The molecule has 0 radical (unpaired) electrons. The lowest BCUT2D eigenvalue weighted by Crippen LogP contribution is -2.34. The van der Waals surface area contributed by atoms with E-state index in [-0.39, 0.29) is 16.4 Å². The number of carbonyl (C=O) groups is 1. The normalized spacial score (nSPS) is 18.0. The Morgan fingerprint density at radius 3 is 1.89 bits per heavy atom. The molecular weight excluding hydrogens is 338 g/mol. The van der Waals surface area contributed by atoms with Crippen molar-refractivity contribution in [3.8, 4) is 0 Å². The number of carboxylic acid groups (broad SMARTS) is 1. The maximum Gasteiger partial charge on any atom is 0.335 e. The number of fused-ring (bicyclic) bond motifs is 1. The molecule has 27 heavy (non-hydrogen) atoms. The van der Waals surface area contributed by atoms with Crippen LogP contribution in [0.2, 0.25) is 0 Å². The highest BCUT2D eigenvalue weighted by atomic mass is 16.4. The molecule has 0 atom stereocenters. The summed E-state index contributed by atoms with van der Waals surface area (Å²) in [6.45, 7) is 11.1. The van der Waals surface area contributed by atoms with Crippen LogP contribution in [0.15, 0.2) is 41.6 Å². The van der Waals surface area contributed by atoms with E-state index < -0.39 is 5.97 Å². The number of benzene rings is 2. The van der Waals surface area contributed by atoms with Crippen molar-refractivity contribution in [2.45, 2.75) is 58.3 Å². The van der Waals surface area contributed by atoms with E-state index in [1.54, 1.807) is 12.1 Å². The van der Waals surface area contributed by atoms with Crippen LogP contribution < -0.4 is 0 Å². The van der Waals surface area contributed by atoms with E-state index in [0.29, 0.717) is 11.3 Å². The van der Waals surface area contributed by atoms with Crippen LogP contribution in [0.3, 0.4) is 0 Å². The summed E-state index contributed by atoms with van der Waals surface area (Å²) in [7, 11) is 0. The van der Waals surface area contributed by atoms with Crippen molar-refractivity contribution in [1.82, 2.24) is 0 Å². The molecule has 1 aliphatic carbocycles. The molecule has 0 fully saturated rings. The highest BCUT2D eigenvalue weighted by molar-refractivity contribution is 6.13. The predicted molar refractivity (Wildman–Crippen MR) is 107 cm³/mol. The Balaban J connectivity index is 2.15. The van der Waals surface area contributed by atoms with Crippen LogP contribution in [0.4, 0.5) is 0 Å². The first-order valence-electron chi connectivity index (χ1n) is 9.28. The van der Waals surface area contributed by atoms with Crippen LogP contribution in [0.25, 0.3) is 0 Å². The fourth-order valence-corrected chi connectivity index (χ4v) is 4.02. The summed E-state index contributed by atoms with van der Waals surface area (Å²) in [6.07, 6.45) is 2.25. The minimum Gasteiger partial charge on any atom is -0.478 e. The molecule has 0 amide bonds. The molecule has 2 N–H and O–H groups in total. The van der Waals surface area contributed by atoms with Gasteiger partial charge in [0.15, 0.2) is 0 Å². The van der Waals surface area contributed by atoms with Gasteiger partial charge in [0.1, 0.15) is 5.71 Å². The van der Waals surface area contributed by atoms with E-state index >= 15 is 0 Å². The van der Waals surface area contributed by atoms with Gasteiger partial charge in [-0.25, -0.2) is 4.79 Å². The summed E-state index contributed by atoms with van der Waals surface area (Å²) >= 11 is 0. The second-order valence-electron chi connectivity index (χ2n) is 8.81. The average Bonchev–Trinajstić information content (AvgIpc) is 2.61. The Labute approximate surface area is 160 Å². The zero-order chi connectivity index (χ0) is 20.0. The van der Waals surface area contributed by atoms with E-state index in [2.05, 4.69) is 45.0 Å². The van der Waals surface area contributed by atoms with E-state index in [9.17, 15) is 10.0 Å². The molecule has 1 aliphatic rings. The summed E-state index contributed by atoms with van der Waals surface area (Å²) in [6, 6.07) is 10.8. The third-order valence-electron chi connectivity index (χ3n) is 5.96. The molecule has 0 unspecified atom stereocenters. The Morgan fingerprint density at radius 2 is 1.41 bits per heavy atom. The van der Waals surface area contributed by atoms with Crippen LogP contribution in [0, 0.1) is 6.92 Å². The fraction of sp³-hybridized carbons (Fsp3) is 0.391. The number of nitrogens with zero attached hydrogens (tertiary/aromatic N) is 1. The number of oxime groups is 1. The third kappa shape index (κ3) is 3.36. The van der Waals surface area contributed by atoms with Gasteiger partial charge < -0.3 is 10.3 Å². The minimum atomic E-state index is -0.974. The molecular formula is C23H27NO3. The van der Waals surface area contributed by atoms with Crippen molar-refractivity contribution in [3.05, 3.63) is 69.8 Å². The molecule has 142 valence electrons. The second kappa shape index (κ2) is 6.52. The number of aryl methyl sites for hydroxylation is 1. The molecule has 4 heteroatoms. The molecule has 0 saturated carbocycles. The zero-order valence-electron chi connectivity index (χ0n) is 16.6. The maximum absolute atomic E-state index is 11.1. The highest BCUT2D eigenvalue weighted by Gasteiger charge is 2.37. The van der Waals surface area contributed by atoms with Gasteiger partial charge in [0.05, 0.1) is 5.56 Å². The molecule has 0 heterocycles. The van der Waals surface area contributed by atoms with Crippen molar-refractivity contribution in [2.75, 3.05) is 0 Å². The smallest absolute Gasteiger partial charge is 0.335 e. The number of aromatic carboxylic acids is 1. The lowest BCUT2D eigenvalue weighted by atomic mass is 9.62. The zero-order valence-corrected chi connectivity index (χ0v) is 16.6. The molecule has 0 aromatic heterocycles. The predicted octanol–water partition coefficient (Wildman–Crippen LogP) is 5.27. The van der Waals surface area contributed by atoms with Crippen LogP contribution in [0.5, 0.6) is 0 Å². The minimum absolute atomic E-state index is 0.0566. The lowest BCUT2D eigenvalue weighted by molar-refractivity contribution is 0.0697. The number of carboxylic acids is 1. The third-order valence-corrected chi connectivity index (χ3v) is 5.96. The van der Waals surface area contributed by atoms with Gasteiger partial charge in [-0.15, -0.1) is 0 Å². The van der Waals surface area contributed by atoms with Crippen molar-refractivity contribution in [3.63, 3.8) is 0 Å². The van der Waals surface area contributed by atoms with Crippen molar-refractivity contribution in [2.24, 2.45) is 5.16 Å². The first-order valence-corrected chi connectivity index (χ1v) is 9.28. The standard InChI is InChI=1S/C23H27NO3/c1-14-12-18-19(23(4,5)11-10-22(18,2)3)13-17(14)20(24-27)15-6-8-16(9-7-15)21(25)26/h6-9,12-13,27H,10-11H2,1-5H3,(H,25,26). The lowest BCUT2D eigenvalue weighted by Gasteiger charge is -2.42. The van der Waals surface area contributed by atoms with Crippen LogP contribution in [0.1, 0.15) is 78.7 Å². The Kier molecular flexibility index (Phi) is 4.62. The van der Waals surface area contributed by atoms with Gasteiger partial charge in [0.2, 0.25) is 0 Å². The van der Waals surface area contributed by atoms with Gasteiger partial charge in [0, 0.05) is 11.1 Å². The largest absolute Gasteiger partial charge is 0.478 e. The molecule has 2 aromatic rings. The van der Waals surface area contributed by atoms with Gasteiger partial charge in [-0.3, -0.25) is 0 Å². The van der Waals surface area contributed by atoms with E-state index in [1.165, 1.54) is 23.3 Å². The molecule has 3 rings (SSSR count). The van der Waals surface area contributed by atoms with Crippen molar-refractivity contribution >= 4 is 11.7 Å². The van der Waals surface area contributed by atoms with E-state index in [4.69, 9.17) is 5.11 Å². The van der Waals surface area contributed by atoms with Gasteiger partial charge >= 0.3 is 5.97 Å². The van der Waals surface area contributed by atoms with Gasteiger partial charge in [0.25, 0.3) is 0 Å². The first-order chi connectivity index (χ1) is 12.6. The summed E-state index contributed by atoms with van der Waals surface area (Å²) in [5, 5.41) is 22.4. The Morgan fingerprint density at radius 1 is 0.926 bits per heavy atom. The quantitative estimate of drug-likeness (QED) is 0.442. The van der Waals surface area contributed by atoms with Crippen LogP contribution in [-0.2, 0) is 10.8 Å².